The third kappa shape index (κ3) is 6.86. The maximum Gasteiger partial charge on any atom is 0.331 e. The average Bonchev–Trinajstić information content (AvgIpc) is 2.57. The molecule has 0 saturated heterocycles. The predicted molar refractivity (Wildman–Crippen MR) is 87.5 cm³/mol. The Morgan fingerprint density at radius 3 is 2.65 bits per heavy atom. The van der Waals surface area contributed by atoms with Gasteiger partial charge < -0.3 is 19.5 Å². The van der Waals surface area contributed by atoms with Gasteiger partial charge in [-0.05, 0) is 37.1 Å². The molecule has 0 unspecified atom stereocenters. The normalized spacial score (nSPS) is 10.4. The molecule has 1 N–H and O–H groups in total. The minimum absolute atomic E-state index is 0.282. The van der Waals surface area contributed by atoms with Gasteiger partial charge in [-0.25, -0.2) is 4.79 Å². The van der Waals surface area contributed by atoms with Gasteiger partial charge in [-0.1, -0.05) is 13.0 Å². The van der Waals surface area contributed by atoms with E-state index < -0.39 is 5.97 Å². The van der Waals surface area contributed by atoms with Crippen molar-refractivity contribution in [3.63, 3.8) is 0 Å². The number of nitrogens with one attached hydrogen (secondary N) is 1. The Balaban J connectivity index is 2.56. The predicted octanol–water partition coefficient (Wildman–Crippen LogP) is 2.18. The van der Waals surface area contributed by atoms with Crippen LogP contribution in [-0.2, 0) is 14.3 Å². The molecule has 1 rings (SSSR count). The van der Waals surface area contributed by atoms with Gasteiger partial charge >= 0.3 is 5.97 Å². The molecule has 0 saturated carbocycles. The SMILES string of the molecule is CCCNC(=O)COC(=O)/C=C/c1ccc(OCC)c(OC)c1. The lowest BCUT2D eigenvalue weighted by Crippen LogP contribution is -2.28. The van der Waals surface area contributed by atoms with Gasteiger partial charge in [0.05, 0.1) is 13.7 Å². The zero-order valence-corrected chi connectivity index (χ0v) is 13.8. The monoisotopic (exact) mass is 321 g/mol. The molecule has 0 atom stereocenters. The lowest BCUT2D eigenvalue weighted by Gasteiger charge is -2.09. The molecule has 0 aliphatic carbocycles. The summed E-state index contributed by atoms with van der Waals surface area (Å²) < 4.78 is 15.5. The second kappa shape index (κ2) is 10.3. The van der Waals surface area contributed by atoms with E-state index >= 15 is 0 Å². The molecule has 0 bridgehead atoms. The molecule has 0 heterocycles. The maximum atomic E-state index is 11.6. The molecule has 1 aromatic carbocycles. The third-order valence-electron chi connectivity index (χ3n) is 2.82. The van der Waals surface area contributed by atoms with Crippen LogP contribution >= 0.6 is 0 Å². The van der Waals surface area contributed by atoms with Crippen molar-refractivity contribution in [2.75, 3.05) is 26.9 Å². The first-order valence-corrected chi connectivity index (χ1v) is 7.53. The molecule has 23 heavy (non-hydrogen) atoms. The zero-order valence-electron chi connectivity index (χ0n) is 13.8. The minimum atomic E-state index is -0.579. The standard InChI is InChI=1S/C17H23NO5/c1-4-10-18-16(19)12-23-17(20)9-7-13-6-8-14(22-5-2)15(11-13)21-3/h6-9,11H,4-5,10,12H2,1-3H3,(H,18,19)/b9-7+. The molecular formula is C17H23NO5. The Bertz CT molecular complexity index is 554. The molecule has 0 radical (unpaired) electrons. The first kappa shape index (κ1) is 18.5. The van der Waals surface area contributed by atoms with Crippen molar-refractivity contribution in [3.8, 4) is 11.5 Å². The Labute approximate surface area is 136 Å². The van der Waals surface area contributed by atoms with Crippen LogP contribution in [0.3, 0.4) is 0 Å². The summed E-state index contributed by atoms with van der Waals surface area (Å²) in [7, 11) is 1.55. The first-order valence-electron chi connectivity index (χ1n) is 7.53. The highest BCUT2D eigenvalue weighted by atomic mass is 16.5. The lowest BCUT2D eigenvalue weighted by molar-refractivity contribution is -0.143. The molecule has 1 amide bonds. The number of carbonyl (C=O) groups is 2. The van der Waals surface area contributed by atoms with Crippen LogP contribution in [-0.4, -0.2) is 38.7 Å². The number of ether oxygens (including phenoxy) is 3. The minimum Gasteiger partial charge on any atom is -0.493 e. The van der Waals surface area contributed by atoms with Gasteiger partial charge in [0.2, 0.25) is 0 Å². The van der Waals surface area contributed by atoms with Crippen LogP contribution in [0.25, 0.3) is 6.08 Å². The van der Waals surface area contributed by atoms with Crippen LogP contribution in [0.15, 0.2) is 24.3 Å². The second-order valence-electron chi connectivity index (χ2n) is 4.63. The number of benzene rings is 1. The van der Waals surface area contributed by atoms with E-state index in [1.165, 1.54) is 6.08 Å². The number of amides is 1. The van der Waals surface area contributed by atoms with E-state index in [0.717, 1.165) is 12.0 Å². The van der Waals surface area contributed by atoms with E-state index in [9.17, 15) is 9.59 Å². The fourth-order valence-electron chi connectivity index (χ4n) is 1.73. The molecule has 1 aromatic rings. The van der Waals surface area contributed by atoms with E-state index in [-0.39, 0.29) is 12.5 Å². The Kier molecular flexibility index (Phi) is 8.28. The number of methoxy groups -OCH3 is 1. The number of carbonyl (C=O) groups excluding carboxylic acids is 2. The largest absolute Gasteiger partial charge is 0.493 e. The summed E-state index contributed by atoms with van der Waals surface area (Å²) in [6, 6.07) is 5.32. The first-order chi connectivity index (χ1) is 11.1. The van der Waals surface area contributed by atoms with Crippen molar-refractivity contribution >= 4 is 18.0 Å². The summed E-state index contributed by atoms with van der Waals surface area (Å²) in [6.45, 7) is 4.66. The van der Waals surface area contributed by atoms with Crippen LogP contribution < -0.4 is 14.8 Å². The van der Waals surface area contributed by atoms with Crippen LogP contribution in [0.2, 0.25) is 0 Å². The average molecular weight is 321 g/mol. The van der Waals surface area contributed by atoms with Gasteiger partial charge in [0.15, 0.2) is 18.1 Å². The van der Waals surface area contributed by atoms with E-state index in [4.69, 9.17) is 14.2 Å². The lowest BCUT2D eigenvalue weighted by atomic mass is 10.2. The molecule has 6 heteroatoms. The van der Waals surface area contributed by atoms with Gasteiger partial charge in [-0.3, -0.25) is 4.79 Å². The van der Waals surface area contributed by atoms with Crippen molar-refractivity contribution < 1.29 is 23.8 Å². The Morgan fingerprint density at radius 2 is 2.00 bits per heavy atom. The summed E-state index contributed by atoms with van der Waals surface area (Å²) in [5.41, 5.74) is 0.762. The summed E-state index contributed by atoms with van der Waals surface area (Å²) in [6.07, 6.45) is 3.69. The zero-order chi connectivity index (χ0) is 17.1. The van der Waals surface area contributed by atoms with Crippen molar-refractivity contribution in [2.45, 2.75) is 20.3 Å². The fourth-order valence-corrected chi connectivity index (χ4v) is 1.73. The highest BCUT2D eigenvalue weighted by Gasteiger charge is 2.06. The molecule has 0 fully saturated rings. The number of esters is 1. The highest BCUT2D eigenvalue weighted by Crippen LogP contribution is 2.28. The van der Waals surface area contributed by atoms with E-state index in [1.807, 2.05) is 13.8 Å². The number of hydrogen-bond acceptors (Lipinski definition) is 5. The summed E-state index contributed by atoms with van der Waals surface area (Å²) in [5, 5.41) is 2.62. The van der Waals surface area contributed by atoms with E-state index in [1.54, 1.807) is 31.4 Å². The Hall–Kier alpha value is -2.50. The quantitative estimate of drug-likeness (QED) is 0.557. The smallest absolute Gasteiger partial charge is 0.331 e. The molecule has 0 aliphatic heterocycles. The number of rotatable bonds is 9. The van der Waals surface area contributed by atoms with Crippen LogP contribution in [0.4, 0.5) is 0 Å². The second-order valence-corrected chi connectivity index (χ2v) is 4.63. The van der Waals surface area contributed by atoms with Gasteiger partial charge in [-0.15, -0.1) is 0 Å². The van der Waals surface area contributed by atoms with Crippen molar-refractivity contribution in [2.24, 2.45) is 0 Å². The summed E-state index contributed by atoms with van der Waals surface area (Å²) in [4.78, 5) is 22.9. The molecule has 6 nitrogen and oxygen atoms in total. The number of hydrogen-bond donors (Lipinski definition) is 1. The van der Waals surface area contributed by atoms with Gasteiger partial charge in [-0.2, -0.15) is 0 Å². The van der Waals surface area contributed by atoms with Gasteiger partial charge in [0, 0.05) is 12.6 Å². The van der Waals surface area contributed by atoms with Gasteiger partial charge in [0.1, 0.15) is 0 Å². The van der Waals surface area contributed by atoms with E-state index in [2.05, 4.69) is 5.32 Å². The third-order valence-corrected chi connectivity index (χ3v) is 2.82. The molecule has 0 aliphatic rings. The van der Waals surface area contributed by atoms with Crippen LogP contribution in [0.5, 0.6) is 11.5 Å². The van der Waals surface area contributed by atoms with Crippen molar-refractivity contribution in [1.29, 1.82) is 0 Å². The van der Waals surface area contributed by atoms with E-state index in [0.29, 0.717) is 24.7 Å². The van der Waals surface area contributed by atoms with Gasteiger partial charge in [0.25, 0.3) is 5.91 Å². The summed E-state index contributed by atoms with van der Waals surface area (Å²) >= 11 is 0. The highest BCUT2D eigenvalue weighted by molar-refractivity contribution is 5.89. The van der Waals surface area contributed by atoms with Crippen LogP contribution in [0.1, 0.15) is 25.8 Å². The maximum absolute atomic E-state index is 11.6. The van der Waals surface area contributed by atoms with Crippen molar-refractivity contribution in [1.82, 2.24) is 5.32 Å². The molecule has 126 valence electrons. The molecule has 0 aromatic heterocycles. The fraction of sp³-hybridized carbons (Fsp3) is 0.412. The molecule has 0 spiro atoms. The topological polar surface area (TPSA) is 73.9 Å². The van der Waals surface area contributed by atoms with Crippen LogP contribution in [0, 0.1) is 0 Å². The Morgan fingerprint density at radius 1 is 1.22 bits per heavy atom. The molecular weight excluding hydrogens is 298 g/mol. The van der Waals surface area contributed by atoms with Crippen molar-refractivity contribution in [3.05, 3.63) is 29.8 Å². The summed E-state index contributed by atoms with van der Waals surface area (Å²) in [5.74, 6) is 0.337.